The summed E-state index contributed by atoms with van der Waals surface area (Å²) in [6, 6.07) is 2.25. The van der Waals surface area contributed by atoms with Crippen molar-refractivity contribution in [3.8, 4) is 6.07 Å². The van der Waals surface area contributed by atoms with Crippen LogP contribution in [0, 0.1) is 28.9 Å². The first-order valence-corrected chi connectivity index (χ1v) is 5.79. The number of hydrogen-bond acceptors (Lipinski definition) is 3. The number of carboxylic acids is 1. The molecule has 19 heavy (non-hydrogen) atoms. The van der Waals surface area contributed by atoms with Crippen LogP contribution >= 0.6 is 0 Å². The van der Waals surface area contributed by atoms with Crippen molar-refractivity contribution in [2.24, 2.45) is 5.92 Å². The maximum atomic E-state index is 13.6. The fourth-order valence-corrected chi connectivity index (χ4v) is 1.61. The Kier molecular flexibility index (Phi) is 4.81. The van der Waals surface area contributed by atoms with Crippen molar-refractivity contribution in [3.63, 3.8) is 0 Å². The third-order valence-corrected chi connectivity index (χ3v) is 2.95. The number of rotatable bonds is 5. The van der Waals surface area contributed by atoms with Gasteiger partial charge >= 0.3 is 5.97 Å². The van der Waals surface area contributed by atoms with Crippen LogP contribution in [0.1, 0.15) is 25.8 Å². The summed E-state index contributed by atoms with van der Waals surface area (Å²) in [5.41, 5.74) is -0.678. The van der Waals surface area contributed by atoms with Gasteiger partial charge in [-0.2, -0.15) is 5.26 Å². The minimum Gasteiger partial charge on any atom is -0.480 e. The zero-order valence-electron chi connectivity index (χ0n) is 10.6. The Morgan fingerprint density at radius 2 is 2.00 bits per heavy atom. The van der Waals surface area contributed by atoms with Crippen LogP contribution < -0.4 is 5.32 Å². The molecule has 2 atom stereocenters. The molecule has 0 spiro atoms. The van der Waals surface area contributed by atoms with Crippen molar-refractivity contribution < 1.29 is 18.7 Å². The van der Waals surface area contributed by atoms with E-state index in [2.05, 4.69) is 5.32 Å². The number of anilines is 1. The van der Waals surface area contributed by atoms with Gasteiger partial charge < -0.3 is 10.4 Å². The highest BCUT2D eigenvalue weighted by atomic mass is 19.1. The van der Waals surface area contributed by atoms with Crippen LogP contribution in [0.3, 0.4) is 0 Å². The molecule has 4 nitrogen and oxygen atoms in total. The topological polar surface area (TPSA) is 73.1 Å². The van der Waals surface area contributed by atoms with Gasteiger partial charge in [0.05, 0.1) is 11.6 Å². The van der Waals surface area contributed by atoms with Crippen molar-refractivity contribution in [2.45, 2.75) is 26.3 Å². The first-order valence-electron chi connectivity index (χ1n) is 5.79. The van der Waals surface area contributed by atoms with Gasteiger partial charge in [0.2, 0.25) is 0 Å². The molecule has 1 aromatic carbocycles. The van der Waals surface area contributed by atoms with Gasteiger partial charge in [-0.3, -0.25) is 0 Å². The number of benzene rings is 1. The second-order valence-corrected chi connectivity index (χ2v) is 4.27. The Morgan fingerprint density at radius 1 is 1.47 bits per heavy atom. The van der Waals surface area contributed by atoms with E-state index >= 15 is 0 Å². The van der Waals surface area contributed by atoms with Crippen LogP contribution in [-0.4, -0.2) is 17.1 Å². The Labute approximate surface area is 109 Å². The third-order valence-electron chi connectivity index (χ3n) is 2.95. The second-order valence-electron chi connectivity index (χ2n) is 4.27. The van der Waals surface area contributed by atoms with E-state index in [-0.39, 0.29) is 11.5 Å². The largest absolute Gasteiger partial charge is 0.480 e. The zero-order valence-corrected chi connectivity index (χ0v) is 10.6. The molecule has 0 aromatic heterocycles. The standard InChI is InChI=1S/C13H14F2N2O2/c1-3-7(2)11(13(18)19)17-12-9(14)4-8(6-16)5-10(12)15/h4-5,7,11,17H,3H2,1-2H3,(H,18,19)/t7-,11-/m0/s1. The van der Waals surface area contributed by atoms with Gasteiger partial charge in [-0.25, -0.2) is 13.6 Å². The van der Waals surface area contributed by atoms with Crippen LogP contribution in [0.4, 0.5) is 14.5 Å². The third kappa shape index (κ3) is 3.41. The molecule has 6 heteroatoms. The minimum absolute atomic E-state index is 0.157. The average Bonchev–Trinajstić information content (AvgIpc) is 2.36. The fourth-order valence-electron chi connectivity index (χ4n) is 1.61. The lowest BCUT2D eigenvalue weighted by atomic mass is 9.99. The van der Waals surface area contributed by atoms with Gasteiger partial charge in [0.1, 0.15) is 11.7 Å². The smallest absolute Gasteiger partial charge is 0.326 e. The number of carbonyl (C=O) groups is 1. The van der Waals surface area contributed by atoms with Crippen LogP contribution in [0.15, 0.2) is 12.1 Å². The second kappa shape index (κ2) is 6.14. The van der Waals surface area contributed by atoms with Crippen LogP contribution in [0.25, 0.3) is 0 Å². The first-order chi connectivity index (χ1) is 8.90. The molecular formula is C13H14F2N2O2. The highest BCUT2D eigenvalue weighted by Crippen LogP contribution is 2.23. The lowest BCUT2D eigenvalue weighted by molar-refractivity contribution is -0.139. The van der Waals surface area contributed by atoms with E-state index in [4.69, 9.17) is 10.4 Å². The van der Waals surface area contributed by atoms with Crippen LogP contribution in [-0.2, 0) is 4.79 Å². The quantitative estimate of drug-likeness (QED) is 0.861. The fraction of sp³-hybridized carbons (Fsp3) is 0.385. The molecule has 0 radical (unpaired) electrons. The highest BCUT2D eigenvalue weighted by Gasteiger charge is 2.25. The van der Waals surface area contributed by atoms with E-state index in [9.17, 15) is 13.6 Å². The number of nitrogens with one attached hydrogen (secondary N) is 1. The summed E-state index contributed by atoms with van der Waals surface area (Å²) >= 11 is 0. The van der Waals surface area contributed by atoms with Crippen molar-refractivity contribution >= 4 is 11.7 Å². The predicted octanol–water partition coefficient (Wildman–Crippen LogP) is 2.75. The number of aliphatic carboxylic acids is 1. The molecule has 0 fully saturated rings. The molecule has 0 bridgehead atoms. The Morgan fingerprint density at radius 3 is 2.37 bits per heavy atom. The molecule has 1 rings (SSSR count). The Balaban J connectivity index is 3.11. The molecular weight excluding hydrogens is 254 g/mol. The normalized spacial score (nSPS) is 13.4. The molecule has 0 aliphatic rings. The van der Waals surface area contributed by atoms with Gasteiger partial charge in [0.25, 0.3) is 0 Å². The summed E-state index contributed by atoms with van der Waals surface area (Å²) in [6.45, 7) is 3.46. The van der Waals surface area contributed by atoms with E-state index in [1.807, 2.05) is 0 Å². The molecule has 0 saturated heterocycles. The van der Waals surface area contributed by atoms with Gasteiger partial charge in [-0.1, -0.05) is 20.3 Å². The van der Waals surface area contributed by atoms with Crippen LogP contribution in [0.2, 0.25) is 0 Å². The van der Waals surface area contributed by atoms with Crippen LogP contribution in [0.5, 0.6) is 0 Å². The zero-order chi connectivity index (χ0) is 14.6. The van der Waals surface area contributed by atoms with E-state index in [0.29, 0.717) is 6.42 Å². The molecule has 0 aliphatic carbocycles. The van der Waals surface area contributed by atoms with Crippen molar-refractivity contribution in [2.75, 3.05) is 5.32 Å². The number of hydrogen-bond donors (Lipinski definition) is 2. The van der Waals surface area contributed by atoms with Gasteiger partial charge in [-0.15, -0.1) is 0 Å². The van der Waals surface area contributed by atoms with Gasteiger partial charge in [0, 0.05) is 0 Å². The molecule has 0 amide bonds. The number of nitrogens with zero attached hydrogens (tertiary/aromatic N) is 1. The summed E-state index contributed by atoms with van der Waals surface area (Å²) in [6.07, 6.45) is 0.545. The predicted molar refractivity (Wildman–Crippen MR) is 65.6 cm³/mol. The van der Waals surface area contributed by atoms with E-state index in [1.54, 1.807) is 19.9 Å². The maximum absolute atomic E-state index is 13.6. The van der Waals surface area contributed by atoms with Crippen molar-refractivity contribution in [1.82, 2.24) is 0 Å². The Bertz CT molecular complexity index is 503. The van der Waals surface area contributed by atoms with E-state index in [1.165, 1.54) is 0 Å². The minimum atomic E-state index is -1.18. The molecule has 0 saturated carbocycles. The summed E-state index contributed by atoms with van der Waals surface area (Å²) in [4.78, 5) is 11.1. The molecule has 2 N–H and O–H groups in total. The summed E-state index contributed by atoms with van der Waals surface area (Å²) in [5, 5.41) is 20.0. The van der Waals surface area contributed by atoms with Crippen molar-refractivity contribution in [1.29, 1.82) is 5.26 Å². The van der Waals surface area contributed by atoms with Gasteiger partial charge in [0.15, 0.2) is 11.6 Å². The number of nitriles is 1. The van der Waals surface area contributed by atoms with E-state index < -0.39 is 29.3 Å². The number of halogens is 2. The Hall–Kier alpha value is -2.16. The molecule has 0 unspecified atom stereocenters. The molecule has 0 aliphatic heterocycles. The lowest BCUT2D eigenvalue weighted by Crippen LogP contribution is -2.36. The van der Waals surface area contributed by atoms with Crippen molar-refractivity contribution in [3.05, 3.63) is 29.3 Å². The average molecular weight is 268 g/mol. The SMILES string of the molecule is CC[C@H](C)[C@H](Nc1c(F)cc(C#N)cc1F)C(=O)O. The summed E-state index contributed by atoms with van der Waals surface area (Å²) < 4.78 is 27.3. The first kappa shape index (κ1) is 14.9. The molecule has 0 heterocycles. The maximum Gasteiger partial charge on any atom is 0.326 e. The molecule has 1 aromatic rings. The summed E-state index contributed by atoms with van der Waals surface area (Å²) in [5.74, 6) is -3.44. The van der Waals surface area contributed by atoms with E-state index in [0.717, 1.165) is 12.1 Å². The summed E-state index contributed by atoms with van der Waals surface area (Å²) in [7, 11) is 0. The van der Waals surface area contributed by atoms with Gasteiger partial charge in [-0.05, 0) is 18.1 Å². The highest BCUT2D eigenvalue weighted by molar-refractivity contribution is 5.78. The number of carboxylic acid groups (broad SMARTS) is 1. The lowest BCUT2D eigenvalue weighted by Gasteiger charge is -2.21. The molecule has 102 valence electrons. The monoisotopic (exact) mass is 268 g/mol.